The molecule has 0 aliphatic heterocycles. The number of unbranched alkanes of at least 4 members (excludes halogenated alkanes) is 1. The predicted molar refractivity (Wildman–Crippen MR) is 121 cm³/mol. The molecule has 1 unspecified atom stereocenters. The maximum atomic E-state index is 13.4. The Hall–Kier alpha value is -3.10. The van der Waals surface area contributed by atoms with Gasteiger partial charge in [0.25, 0.3) is 0 Å². The Morgan fingerprint density at radius 2 is 1.76 bits per heavy atom. The van der Waals surface area contributed by atoms with E-state index in [1.165, 1.54) is 41.3 Å². The molecule has 2 aromatic rings. The van der Waals surface area contributed by atoms with Crippen LogP contribution in [-0.4, -0.2) is 25.0 Å². The zero-order valence-corrected chi connectivity index (χ0v) is 18.7. The van der Waals surface area contributed by atoms with Gasteiger partial charge in [0.1, 0.15) is 5.82 Å². The summed E-state index contributed by atoms with van der Waals surface area (Å²) in [7, 11) is 0. The molecule has 0 bridgehead atoms. The number of alkyl halides is 3. The van der Waals surface area contributed by atoms with Crippen molar-refractivity contribution in [3.05, 3.63) is 59.9 Å². The van der Waals surface area contributed by atoms with Gasteiger partial charge in [0.15, 0.2) is 0 Å². The molecule has 180 valence electrons. The normalized spacial score (nSPS) is 12.2. The highest BCUT2D eigenvalue weighted by Gasteiger charge is 2.30. The van der Waals surface area contributed by atoms with E-state index in [0.29, 0.717) is 12.1 Å². The van der Waals surface area contributed by atoms with Gasteiger partial charge in [-0.3, -0.25) is 9.69 Å². The second-order valence-corrected chi connectivity index (χ2v) is 7.68. The zero-order chi connectivity index (χ0) is 24.4. The molecule has 2 rings (SSSR count). The van der Waals surface area contributed by atoms with E-state index in [1.807, 2.05) is 13.8 Å². The number of nitrogens with zero attached hydrogens (tertiary/aromatic N) is 1. The van der Waals surface area contributed by atoms with Crippen molar-refractivity contribution < 1.29 is 27.2 Å². The first-order valence-corrected chi connectivity index (χ1v) is 10.9. The monoisotopic (exact) mass is 467 g/mol. The minimum absolute atomic E-state index is 0.0309. The third-order valence-corrected chi connectivity index (χ3v) is 5.23. The number of carbonyl (C=O) groups is 2. The lowest BCUT2D eigenvalue weighted by molar-refractivity contribution is -0.137. The summed E-state index contributed by atoms with van der Waals surface area (Å²) in [6.07, 6.45) is -1.15. The number of hydrogen-bond acceptors (Lipinski definition) is 2. The van der Waals surface area contributed by atoms with Crippen LogP contribution in [0.5, 0.6) is 0 Å². The largest absolute Gasteiger partial charge is 0.416 e. The van der Waals surface area contributed by atoms with Crippen LogP contribution in [0.3, 0.4) is 0 Å². The molecule has 1 atom stereocenters. The van der Waals surface area contributed by atoms with Crippen molar-refractivity contribution >= 4 is 23.3 Å². The summed E-state index contributed by atoms with van der Waals surface area (Å²) in [5.41, 5.74) is -0.580. The smallest absolute Gasteiger partial charge is 0.354 e. The van der Waals surface area contributed by atoms with Crippen LogP contribution in [0.25, 0.3) is 0 Å². The van der Waals surface area contributed by atoms with Crippen LogP contribution in [0.2, 0.25) is 0 Å². The fourth-order valence-electron chi connectivity index (χ4n) is 3.34. The van der Waals surface area contributed by atoms with Crippen molar-refractivity contribution in [2.24, 2.45) is 5.92 Å². The number of amides is 3. The van der Waals surface area contributed by atoms with Crippen molar-refractivity contribution in [1.82, 2.24) is 5.32 Å². The van der Waals surface area contributed by atoms with Gasteiger partial charge in [0.2, 0.25) is 5.91 Å². The van der Waals surface area contributed by atoms with Crippen LogP contribution in [0.4, 0.5) is 33.7 Å². The Bertz CT molecular complexity index is 917. The van der Waals surface area contributed by atoms with Crippen LogP contribution >= 0.6 is 0 Å². The number of carbonyl (C=O) groups excluding carboxylic acids is 2. The number of hydrogen-bond donors (Lipinski definition) is 2. The van der Waals surface area contributed by atoms with E-state index in [2.05, 4.69) is 10.6 Å². The number of nitrogens with one attached hydrogen (secondary N) is 2. The van der Waals surface area contributed by atoms with Gasteiger partial charge < -0.3 is 10.6 Å². The van der Waals surface area contributed by atoms with E-state index in [9.17, 15) is 27.2 Å². The minimum atomic E-state index is -4.55. The molecule has 0 saturated carbocycles. The third kappa shape index (κ3) is 8.07. The van der Waals surface area contributed by atoms with E-state index >= 15 is 0 Å². The Morgan fingerprint density at radius 3 is 2.36 bits per heavy atom. The Kier molecular flexibility index (Phi) is 9.69. The molecule has 5 nitrogen and oxygen atoms in total. The first kappa shape index (κ1) is 26.2. The first-order chi connectivity index (χ1) is 15.7. The maximum absolute atomic E-state index is 13.4. The molecular weight excluding hydrogens is 438 g/mol. The standard InChI is InChI=1S/C24H29F4N3O2/c1-3-5-7-17(4-2)22(32)29-14-15-31(21-12-10-19(25)11-13-21)23(33)30-20-9-6-8-18(16-20)24(26,27)28/h6,8-13,16-17H,3-5,7,14-15H2,1-2H3,(H,29,32)(H,30,33). The van der Waals surface area contributed by atoms with Crippen LogP contribution in [0.15, 0.2) is 48.5 Å². The van der Waals surface area contributed by atoms with E-state index < -0.39 is 23.6 Å². The van der Waals surface area contributed by atoms with Crippen molar-refractivity contribution in [1.29, 1.82) is 0 Å². The first-order valence-electron chi connectivity index (χ1n) is 10.9. The predicted octanol–water partition coefficient (Wildman–Crippen LogP) is 6.22. The Labute approximate surface area is 191 Å². The summed E-state index contributed by atoms with van der Waals surface area (Å²) < 4.78 is 52.3. The zero-order valence-electron chi connectivity index (χ0n) is 18.7. The molecule has 0 heterocycles. The molecule has 0 radical (unpaired) electrons. The molecule has 33 heavy (non-hydrogen) atoms. The van der Waals surface area contributed by atoms with E-state index in [4.69, 9.17) is 0 Å². The SMILES string of the molecule is CCCCC(CC)C(=O)NCCN(C(=O)Nc1cccc(C(F)(F)F)c1)c1ccc(F)cc1. The molecule has 2 N–H and O–H groups in total. The minimum Gasteiger partial charge on any atom is -0.354 e. The van der Waals surface area contributed by atoms with Crippen molar-refractivity contribution in [3.63, 3.8) is 0 Å². The van der Waals surface area contributed by atoms with E-state index in [0.717, 1.165) is 31.4 Å². The summed E-state index contributed by atoms with van der Waals surface area (Å²) >= 11 is 0. The Balaban J connectivity index is 2.12. The maximum Gasteiger partial charge on any atom is 0.416 e. The van der Waals surface area contributed by atoms with Crippen LogP contribution in [0.1, 0.15) is 45.1 Å². The summed E-state index contributed by atoms with van der Waals surface area (Å²) in [5.74, 6) is -0.724. The number of anilines is 2. The van der Waals surface area contributed by atoms with Gasteiger partial charge in [-0.2, -0.15) is 13.2 Å². The van der Waals surface area contributed by atoms with Gasteiger partial charge in [-0.15, -0.1) is 0 Å². The molecule has 0 saturated heterocycles. The molecule has 0 spiro atoms. The lowest BCUT2D eigenvalue weighted by Crippen LogP contribution is -2.42. The molecule has 9 heteroatoms. The summed E-state index contributed by atoms with van der Waals surface area (Å²) in [6, 6.07) is 8.71. The van der Waals surface area contributed by atoms with Crippen molar-refractivity contribution in [2.45, 2.75) is 45.7 Å². The van der Waals surface area contributed by atoms with Crippen LogP contribution < -0.4 is 15.5 Å². The van der Waals surface area contributed by atoms with Crippen molar-refractivity contribution in [2.75, 3.05) is 23.3 Å². The topological polar surface area (TPSA) is 61.4 Å². The molecule has 0 aliphatic carbocycles. The highest BCUT2D eigenvalue weighted by molar-refractivity contribution is 6.01. The molecule has 3 amide bonds. The Morgan fingerprint density at radius 1 is 1.06 bits per heavy atom. The number of halogens is 4. The van der Waals surface area contributed by atoms with Gasteiger partial charge in [-0.05, 0) is 55.3 Å². The average molecular weight is 468 g/mol. The number of rotatable bonds is 10. The van der Waals surface area contributed by atoms with Crippen molar-refractivity contribution in [3.8, 4) is 0 Å². The lowest BCUT2D eigenvalue weighted by Gasteiger charge is -2.24. The highest BCUT2D eigenvalue weighted by atomic mass is 19.4. The lowest BCUT2D eigenvalue weighted by atomic mass is 9.98. The van der Waals surface area contributed by atoms with E-state index in [-0.39, 0.29) is 30.6 Å². The van der Waals surface area contributed by atoms with Gasteiger partial charge in [0.05, 0.1) is 5.56 Å². The van der Waals surface area contributed by atoms with Gasteiger partial charge in [-0.1, -0.05) is 32.8 Å². The summed E-state index contributed by atoms with van der Waals surface area (Å²) in [5, 5.41) is 5.27. The fourth-order valence-corrected chi connectivity index (χ4v) is 3.34. The number of urea groups is 1. The summed E-state index contributed by atoms with van der Waals surface area (Å²) in [6.45, 7) is 4.17. The van der Waals surface area contributed by atoms with Gasteiger partial charge >= 0.3 is 12.2 Å². The third-order valence-electron chi connectivity index (χ3n) is 5.23. The van der Waals surface area contributed by atoms with Crippen LogP contribution in [-0.2, 0) is 11.0 Å². The molecule has 0 fully saturated rings. The van der Waals surface area contributed by atoms with Crippen LogP contribution in [0, 0.1) is 11.7 Å². The summed E-state index contributed by atoms with van der Waals surface area (Å²) in [4.78, 5) is 26.6. The highest BCUT2D eigenvalue weighted by Crippen LogP contribution is 2.30. The second-order valence-electron chi connectivity index (χ2n) is 7.68. The second kappa shape index (κ2) is 12.2. The number of benzene rings is 2. The molecule has 2 aromatic carbocycles. The quantitative estimate of drug-likeness (QED) is 0.408. The van der Waals surface area contributed by atoms with Gasteiger partial charge in [0, 0.05) is 30.4 Å². The molecular formula is C24H29F4N3O2. The molecule has 0 aromatic heterocycles. The average Bonchev–Trinajstić information content (AvgIpc) is 2.77. The van der Waals surface area contributed by atoms with Gasteiger partial charge in [-0.25, -0.2) is 9.18 Å². The van der Waals surface area contributed by atoms with E-state index in [1.54, 1.807) is 0 Å². The molecule has 0 aliphatic rings. The fraction of sp³-hybridized carbons (Fsp3) is 0.417.